The molecule has 12 heteroatoms. The van der Waals surface area contributed by atoms with Crippen molar-refractivity contribution in [1.29, 1.82) is 0 Å². The van der Waals surface area contributed by atoms with Gasteiger partial charge in [0.25, 0.3) is 0 Å². The summed E-state index contributed by atoms with van der Waals surface area (Å²) in [4.78, 5) is 42.5. The molecule has 2 aliphatic carbocycles. The minimum atomic E-state index is -2.22. The van der Waals surface area contributed by atoms with E-state index in [-0.39, 0.29) is 40.5 Å². The van der Waals surface area contributed by atoms with Crippen molar-refractivity contribution in [2.45, 2.75) is 81.7 Å². The van der Waals surface area contributed by atoms with Gasteiger partial charge in [-0.2, -0.15) is 0 Å². The van der Waals surface area contributed by atoms with Gasteiger partial charge in [-0.1, -0.05) is 18.6 Å². The lowest BCUT2D eigenvalue weighted by Crippen LogP contribution is -2.56. The van der Waals surface area contributed by atoms with Gasteiger partial charge in [-0.05, 0) is 38.9 Å². The van der Waals surface area contributed by atoms with Gasteiger partial charge in [0.15, 0.2) is 17.9 Å². The summed E-state index contributed by atoms with van der Waals surface area (Å²) in [7, 11) is 1.34. The van der Waals surface area contributed by atoms with E-state index in [4.69, 9.17) is 14.2 Å². The normalized spacial score (nSPS) is 30.3. The van der Waals surface area contributed by atoms with Crippen LogP contribution in [-0.4, -0.2) is 105 Å². The maximum absolute atomic E-state index is 13.8. The Morgan fingerprint density at radius 1 is 1.07 bits per heavy atom. The van der Waals surface area contributed by atoms with E-state index in [1.165, 1.54) is 25.3 Å². The molecular weight excluding hydrogens is 574 g/mol. The Morgan fingerprint density at radius 2 is 1.77 bits per heavy atom. The van der Waals surface area contributed by atoms with Gasteiger partial charge in [0.1, 0.15) is 29.5 Å². The molecule has 0 spiro atoms. The maximum atomic E-state index is 13.8. The van der Waals surface area contributed by atoms with Crippen LogP contribution in [0.15, 0.2) is 18.2 Å². The number of piperidine rings is 1. The number of likely N-dealkylation sites (tertiary alicyclic amines) is 1. The zero-order valence-corrected chi connectivity index (χ0v) is 24.6. The lowest BCUT2D eigenvalue weighted by Gasteiger charge is -2.46. The number of aliphatic hydroxyl groups excluding tert-OH is 2. The number of hydrogen-bond acceptors (Lipinski definition) is 12. The second-order valence-corrected chi connectivity index (χ2v) is 12.2. The Labute approximate surface area is 253 Å². The molecule has 236 valence electrons. The fourth-order valence-corrected chi connectivity index (χ4v) is 7.31. The highest BCUT2D eigenvalue weighted by Gasteiger charge is 2.50. The molecule has 4 aliphatic rings. The lowest BCUT2D eigenvalue weighted by molar-refractivity contribution is -0.259. The standard InChI is InChI=1S/C32H37NO11/c1-15-27(36)18(33-9-4-3-5-10-33)11-22(43-15)44-20-13-32(41,21(35)14-34)12-17-24(20)31(40)26-25(29(17)38)28(37)16-7-6-8-19(42-2)23(16)30(26)39/h6-8,15,18,20,22,27,34,36,38,40-41H,3-5,9-14H2,1-2H3/t15-,18-,20-,22-,27+,32-/m0/s1. The van der Waals surface area contributed by atoms with Crippen molar-refractivity contribution >= 4 is 17.3 Å². The van der Waals surface area contributed by atoms with Crippen LogP contribution in [0, 0.1) is 0 Å². The number of fused-ring (bicyclic) bond motifs is 3. The van der Waals surface area contributed by atoms with Gasteiger partial charge >= 0.3 is 0 Å². The van der Waals surface area contributed by atoms with Gasteiger partial charge in [0.05, 0.1) is 42.1 Å². The van der Waals surface area contributed by atoms with E-state index in [1.54, 1.807) is 6.92 Å². The SMILES string of the molecule is COc1cccc2c1C(=O)c1c(O)c3c(c(O)c1C2=O)C[C@@](O)(C(=O)CO)C[C@@H]3O[C@H]1C[C@H](N2CCCCC2)[C@H](O)[C@H](C)O1. The van der Waals surface area contributed by atoms with Gasteiger partial charge in [-0.15, -0.1) is 0 Å². The average molecular weight is 612 g/mol. The topological polar surface area (TPSA) is 183 Å². The average Bonchev–Trinajstić information content (AvgIpc) is 3.02. The third kappa shape index (κ3) is 4.81. The van der Waals surface area contributed by atoms with Crippen LogP contribution >= 0.6 is 0 Å². The molecule has 2 aliphatic heterocycles. The third-order valence-corrected chi connectivity index (χ3v) is 9.59. The smallest absolute Gasteiger partial charge is 0.202 e. The monoisotopic (exact) mass is 611 g/mol. The van der Waals surface area contributed by atoms with E-state index < -0.39 is 89.6 Å². The molecular formula is C32H37NO11. The van der Waals surface area contributed by atoms with Gasteiger partial charge in [0, 0.05) is 42.0 Å². The second kappa shape index (κ2) is 11.5. The molecule has 6 rings (SSSR count). The fraction of sp³-hybridized carbons (Fsp3) is 0.531. The fourth-order valence-electron chi connectivity index (χ4n) is 7.31. The number of carbonyl (C=O) groups is 3. The quantitative estimate of drug-likeness (QED) is 0.254. The molecule has 2 heterocycles. The molecule has 0 unspecified atom stereocenters. The lowest BCUT2D eigenvalue weighted by atomic mass is 9.72. The van der Waals surface area contributed by atoms with Crippen LogP contribution in [-0.2, 0) is 20.7 Å². The van der Waals surface area contributed by atoms with E-state index >= 15 is 0 Å². The Morgan fingerprint density at radius 3 is 2.45 bits per heavy atom. The molecule has 0 radical (unpaired) electrons. The van der Waals surface area contributed by atoms with Crippen LogP contribution in [0.25, 0.3) is 0 Å². The molecule has 2 saturated heterocycles. The van der Waals surface area contributed by atoms with Gasteiger partial charge in [0.2, 0.25) is 5.78 Å². The summed E-state index contributed by atoms with van der Waals surface area (Å²) in [6, 6.07) is 4.14. The number of hydrogen-bond donors (Lipinski definition) is 5. The molecule has 0 saturated carbocycles. The minimum Gasteiger partial charge on any atom is -0.507 e. The summed E-state index contributed by atoms with van der Waals surface area (Å²) >= 11 is 0. The van der Waals surface area contributed by atoms with Gasteiger partial charge < -0.3 is 39.7 Å². The molecule has 0 aromatic heterocycles. The summed E-state index contributed by atoms with van der Waals surface area (Å²) in [6.07, 6.45) is -1.32. The number of carbonyl (C=O) groups excluding carboxylic acids is 3. The van der Waals surface area contributed by atoms with Crippen molar-refractivity contribution in [3.8, 4) is 17.2 Å². The van der Waals surface area contributed by atoms with Crippen molar-refractivity contribution in [3.05, 3.63) is 51.6 Å². The number of phenolic OH excluding ortho intramolecular Hbond substituents is 2. The minimum absolute atomic E-state index is 0.0336. The molecule has 44 heavy (non-hydrogen) atoms. The zero-order chi connectivity index (χ0) is 31.5. The first-order valence-electron chi connectivity index (χ1n) is 15.0. The number of ketones is 3. The van der Waals surface area contributed by atoms with E-state index in [2.05, 4.69) is 4.90 Å². The molecule has 2 fully saturated rings. The summed E-state index contributed by atoms with van der Waals surface area (Å²) in [5.41, 5.74) is -3.42. The van der Waals surface area contributed by atoms with Crippen molar-refractivity contribution in [1.82, 2.24) is 4.90 Å². The van der Waals surface area contributed by atoms with Crippen LogP contribution in [0.2, 0.25) is 0 Å². The van der Waals surface area contributed by atoms with E-state index in [0.29, 0.717) is 0 Å². The maximum Gasteiger partial charge on any atom is 0.202 e. The molecule has 0 bridgehead atoms. The highest BCUT2D eigenvalue weighted by atomic mass is 16.7. The molecule has 6 atom stereocenters. The number of aromatic hydroxyl groups is 2. The van der Waals surface area contributed by atoms with Gasteiger partial charge in [-0.25, -0.2) is 0 Å². The van der Waals surface area contributed by atoms with Crippen molar-refractivity contribution in [2.24, 2.45) is 0 Å². The van der Waals surface area contributed by atoms with E-state index in [1.807, 2.05) is 0 Å². The zero-order valence-electron chi connectivity index (χ0n) is 24.6. The summed E-state index contributed by atoms with van der Waals surface area (Å²) in [5.74, 6) is -3.60. The molecule has 12 nitrogen and oxygen atoms in total. The van der Waals surface area contributed by atoms with Crippen LogP contribution in [0.3, 0.4) is 0 Å². The Kier molecular flexibility index (Phi) is 8.02. The van der Waals surface area contributed by atoms with Crippen LogP contribution < -0.4 is 4.74 Å². The molecule has 2 aromatic rings. The number of ether oxygens (including phenoxy) is 3. The molecule has 5 N–H and O–H groups in total. The first-order chi connectivity index (χ1) is 21.0. The van der Waals surface area contributed by atoms with Crippen molar-refractivity contribution < 1.29 is 54.1 Å². The number of Topliss-reactive ketones (excluding diaryl/α,β-unsaturated/α-hetero) is 1. The number of aliphatic hydroxyl groups is 3. The van der Waals surface area contributed by atoms with Crippen LogP contribution in [0.1, 0.15) is 88.1 Å². The van der Waals surface area contributed by atoms with Crippen LogP contribution in [0.4, 0.5) is 0 Å². The predicted octanol–water partition coefficient (Wildman–Crippen LogP) is 1.53. The molecule has 2 aromatic carbocycles. The highest BCUT2D eigenvalue weighted by Crippen LogP contribution is 2.52. The van der Waals surface area contributed by atoms with Gasteiger partial charge in [-0.3, -0.25) is 19.3 Å². The van der Waals surface area contributed by atoms with Crippen molar-refractivity contribution in [3.63, 3.8) is 0 Å². The second-order valence-electron chi connectivity index (χ2n) is 12.2. The van der Waals surface area contributed by atoms with E-state index in [0.717, 1.165) is 32.4 Å². The first kappa shape index (κ1) is 30.6. The number of methoxy groups -OCH3 is 1. The largest absolute Gasteiger partial charge is 0.507 e. The van der Waals surface area contributed by atoms with Crippen LogP contribution in [0.5, 0.6) is 17.2 Å². The summed E-state index contributed by atoms with van der Waals surface area (Å²) in [6.45, 7) is 2.33. The summed E-state index contributed by atoms with van der Waals surface area (Å²) < 4.78 is 17.7. The first-order valence-corrected chi connectivity index (χ1v) is 15.0. The number of nitrogens with zero attached hydrogens (tertiary/aromatic N) is 1. The Balaban J connectivity index is 1.45. The predicted molar refractivity (Wildman–Crippen MR) is 153 cm³/mol. The summed E-state index contributed by atoms with van der Waals surface area (Å²) in [5, 5.41) is 55.3. The third-order valence-electron chi connectivity index (χ3n) is 9.59. The number of phenols is 2. The number of benzene rings is 2. The number of rotatable bonds is 6. The Bertz CT molecular complexity index is 1520. The van der Waals surface area contributed by atoms with Crippen molar-refractivity contribution in [2.75, 3.05) is 26.8 Å². The molecule has 0 amide bonds. The van der Waals surface area contributed by atoms with E-state index in [9.17, 15) is 39.9 Å². The Hall–Kier alpha value is -3.39. The highest BCUT2D eigenvalue weighted by molar-refractivity contribution is 6.31.